The lowest BCUT2D eigenvalue weighted by Crippen LogP contribution is -1.84. The molecule has 0 saturated carbocycles. The summed E-state index contributed by atoms with van der Waals surface area (Å²) in [7, 11) is 0. The molecule has 0 aliphatic heterocycles. The predicted octanol–water partition coefficient (Wildman–Crippen LogP) is 4.81. The minimum atomic E-state index is 0.608. The molecular weight excluding hydrogens is 246 g/mol. The highest BCUT2D eigenvalue weighted by molar-refractivity contribution is 6.01. The SMILES string of the molecule is Cc1ccc(/C=C(/C#N)c2cccc3ccccc23)o1. The zero-order valence-electron chi connectivity index (χ0n) is 11.1. The summed E-state index contributed by atoms with van der Waals surface area (Å²) in [5, 5.41) is 11.6. The molecule has 3 aromatic rings. The summed E-state index contributed by atoms with van der Waals surface area (Å²) >= 11 is 0. The van der Waals surface area contributed by atoms with Gasteiger partial charge in [0.05, 0.1) is 11.6 Å². The van der Waals surface area contributed by atoms with Crippen molar-refractivity contribution in [3.8, 4) is 6.07 Å². The van der Waals surface area contributed by atoms with Gasteiger partial charge in [0.25, 0.3) is 0 Å². The lowest BCUT2D eigenvalue weighted by atomic mass is 9.98. The first-order valence-electron chi connectivity index (χ1n) is 6.44. The Morgan fingerprint density at radius 2 is 1.85 bits per heavy atom. The third-order valence-electron chi connectivity index (χ3n) is 3.25. The van der Waals surface area contributed by atoms with Crippen molar-refractivity contribution in [1.29, 1.82) is 5.26 Å². The van der Waals surface area contributed by atoms with Gasteiger partial charge in [0.2, 0.25) is 0 Å². The van der Waals surface area contributed by atoms with Gasteiger partial charge in [-0.3, -0.25) is 0 Å². The maximum absolute atomic E-state index is 9.45. The van der Waals surface area contributed by atoms with Crippen molar-refractivity contribution in [2.45, 2.75) is 6.92 Å². The van der Waals surface area contributed by atoms with E-state index in [9.17, 15) is 5.26 Å². The molecule has 96 valence electrons. The molecule has 20 heavy (non-hydrogen) atoms. The summed E-state index contributed by atoms with van der Waals surface area (Å²) in [6, 6.07) is 20.1. The second-order valence-corrected chi connectivity index (χ2v) is 4.64. The van der Waals surface area contributed by atoms with E-state index in [0.29, 0.717) is 11.3 Å². The van der Waals surface area contributed by atoms with Gasteiger partial charge in [-0.05, 0) is 35.9 Å². The van der Waals surface area contributed by atoms with Gasteiger partial charge < -0.3 is 4.42 Å². The topological polar surface area (TPSA) is 36.9 Å². The molecule has 2 aromatic carbocycles. The van der Waals surface area contributed by atoms with Gasteiger partial charge >= 0.3 is 0 Å². The fourth-order valence-corrected chi connectivity index (χ4v) is 2.30. The number of fused-ring (bicyclic) bond motifs is 1. The van der Waals surface area contributed by atoms with Crippen LogP contribution in [-0.2, 0) is 0 Å². The summed E-state index contributed by atoms with van der Waals surface area (Å²) in [4.78, 5) is 0. The van der Waals surface area contributed by atoms with Gasteiger partial charge in [-0.1, -0.05) is 42.5 Å². The third-order valence-corrected chi connectivity index (χ3v) is 3.25. The van der Waals surface area contributed by atoms with Gasteiger partial charge in [-0.15, -0.1) is 0 Å². The average Bonchev–Trinajstić information content (AvgIpc) is 2.89. The lowest BCUT2D eigenvalue weighted by molar-refractivity contribution is 0.525. The standard InChI is InChI=1S/C18H13NO/c1-13-9-10-16(20-13)11-15(12-19)18-8-4-6-14-5-2-3-7-17(14)18/h2-11H,1H3/b15-11-. The van der Waals surface area contributed by atoms with E-state index in [-0.39, 0.29) is 0 Å². The molecule has 0 bridgehead atoms. The van der Waals surface area contributed by atoms with E-state index in [1.165, 1.54) is 0 Å². The summed E-state index contributed by atoms with van der Waals surface area (Å²) < 4.78 is 5.52. The maximum atomic E-state index is 9.45. The Labute approximate surface area is 117 Å². The number of allylic oxidation sites excluding steroid dienone is 1. The molecule has 0 N–H and O–H groups in total. The summed E-state index contributed by atoms with van der Waals surface area (Å²) in [5.41, 5.74) is 1.54. The number of benzene rings is 2. The first-order valence-corrected chi connectivity index (χ1v) is 6.44. The average molecular weight is 259 g/mol. The van der Waals surface area contributed by atoms with Gasteiger partial charge in [-0.2, -0.15) is 5.26 Å². The predicted molar refractivity (Wildman–Crippen MR) is 80.9 cm³/mol. The maximum Gasteiger partial charge on any atom is 0.128 e. The van der Waals surface area contributed by atoms with E-state index in [2.05, 4.69) is 6.07 Å². The second-order valence-electron chi connectivity index (χ2n) is 4.64. The summed E-state index contributed by atoms with van der Waals surface area (Å²) in [5.74, 6) is 1.54. The molecule has 1 aromatic heterocycles. The fourth-order valence-electron chi connectivity index (χ4n) is 2.30. The van der Waals surface area contributed by atoms with Crippen molar-refractivity contribution in [2.24, 2.45) is 0 Å². The molecule has 2 nitrogen and oxygen atoms in total. The highest BCUT2D eigenvalue weighted by Crippen LogP contribution is 2.26. The van der Waals surface area contributed by atoms with Crippen molar-refractivity contribution in [2.75, 3.05) is 0 Å². The third kappa shape index (κ3) is 2.22. The number of nitrogens with zero attached hydrogens (tertiary/aromatic N) is 1. The molecule has 0 unspecified atom stereocenters. The Morgan fingerprint density at radius 1 is 1.05 bits per heavy atom. The first kappa shape index (κ1) is 12.3. The van der Waals surface area contributed by atoms with E-state index >= 15 is 0 Å². The quantitative estimate of drug-likeness (QED) is 0.619. The molecule has 0 aliphatic rings. The van der Waals surface area contributed by atoms with Crippen molar-refractivity contribution in [3.63, 3.8) is 0 Å². The normalized spacial score (nSPS) is 11.5. The van der Waals surface area contributed by atoms with E-state index in [1.807, 2.05) is 61.5 Å². The molecule has 3 rings (SSSR count). The highest BCUT2D eigenvalue weighted by atomic mass is 16.3. The number of nitriles is 1. The molecule has 0 radical (unpaired) electrons. The smallest absolute Gasteiger partial charge is 0.128 e. The fraction of sp³-hybridized carbons (Fsp3) is 0.0556. The van der Waals surface area contributed by atoms with E-state index < -0.39 is 0 Å². The molecule has 0 aliphatic carbocycles. The van der Waals surface area contributed by atoms with Crippen LogP contribution in [0.5, 0.6) is 0 Å². The molecule has 0 amide bonds. The molecule has 0 atom stereocenters. The molecule has 0 spiro atoms. The molecule has 2 heteroatoms. The van der Waals surface area contributed by atoms with E-state index in [4.69, 9.17) is 4.42 Å². The minimum absolute atomic E-state index is 0.608. The van der Waals surface area contributed by atoms with Crippen LogP contribution in [0.2, 0.25) is 0 Å². The first-order chi connectivity index (χ1) is 9.78. The van der Waals surface area contributed by atoms with Crippen LogP contribution in [0, 0.1) is 18.3 Å². The van der Waals surface area contributed by atoms with Crippen LogP contribution in [0.1, 0.15) is 17.1 Å². The summed E-state index contributed by atoms with van der Waals surface area (Å²) in [6.45, 7) is 1.89. The number of rotatable bonds is 2. The van der Waals surface area contributed by atoms with Crippen molar-refractivity contribution >= 4 is 22.4 Å². The van der Waals surface area contributed by atoms with Crippen LogP contribution in [-0.4, -0.2) is 0 Å². The lowest BCUT2D eigenvalue weighted by Gasteiger charge is -2.04. The van der Waals surface area contributed by atoms with E-state index in [0.717, 1.165) is 22.1 Å². The Bertz CT molecular complexity index is 828. The molecule has 0 saturated heterocycles. The van der Waals surface area contributed by atoms with Crippen LogP contribution in [0.3, 0.4) is 0 Å². The second kappa shape index (κ2) is 5.07. The largest absolute Gasteiger partial charge is 0.462 e. The van der Waals surface area contributed by atoms with Crippen LogP contribution in [0.15, 0.2) is 59.0 Å². The van der Waals surface area contributed by atoms with Gasteiger partial charge in [0, 0.05) is 5.56 Å². The molecule has 1 heterocycles. The van der Waals surface area contributed by atoms with Crippen LogP contribution in [0.25, 0.3) is 22.4 Å². The summed E-state index contributed by atoms with van der Waals surface area (Å²) in [6.07, 6.45) is 1.79. The Hall–Kier alpha value is -2.79. The van der Waals surface area contributed by atoms with Crippen LogP contribution < -0.4 is 0 Å². The number of hydrogen-bond acceptors (Lipinski definition) is 2. The Morgan fingerprint density at radius 3 is 2.60 bits per heavy atom. The molecular formula is C18H13NO. The Balaban J connectivity index is 2.18. The van der Waals surface area contributed by atoms with Crippen LogP contribution >= 0.6 is 0 Å². The Kier molecular flexibility index (Phi) is 3.10. The zero-order chi connectivity index (χ0) is 13.9. The zero-order valence-corrected chi connectivity index (χ0v) is 11.1. The van der Waals surface area contributed by atoms with Gasteiger partial charge in [-0.25, -0.2) is 0 Å². The number of furan rings is 1. The van der Waals surface area contributed by atoms with Gasteiger partial charge in [0.1, 0.15) is 11.5 Å². The van der Waals surface area contributed by atoms with Crippen molar-refractivity contribution in [1.82, 2.24) is 0 Å². The van der Waals surface area contributed by atoms with Crippen molar-refractivity contribution < 1.29 is 4.42 Å². The van der Waals surface area contributed by atoms with Crippen LogP contribution in [0.4, 0.5) is 0 Å². The van der Waals surface area contributed by atoms with Crippen molar-refractivity contribution in [3.05, 3.63) is 71.7 Å². The van der Waals surface area contributed by atoms with Gasteiger partial charge in [0.15, 0.2) is 0 Å². The number of aryl methyl sites for hydroxylation is 1. The number of hydrogen-bond donors (Lipinski definition) is 0. The molecule has 0 fully saturated rings. The highest BCUT2D eigenvalue weighted by Gasteiger charge is 2.07. The monoisotopic (exact) mass is 259 g/mol. The minimum Gasteiger partial charge on any atom is -0.462 e. The van der Waals surface area contributed by atoms with E-state index in [1.54, 1.807) is 6.08 Å².